The SMILES string of the molecule is O=C(NCCCn1ccnc1)c1ccc2cn[nH]c2c1. The van der Waals surface area contributed by atoms with Crippen molar-refractivity contribution in [2.75, 3.05) is 6.54 Å². The molecule has 2 N–H and O–H groups in total. The largest absolute Gasteiger partial charge is 0.352 e. The van der Waals surface area contributed by atoms with Crippen LogP contribution in [0.3, 0.4) is 0 Å². The molecule has 0 aliphatic heterocycles. The first-order valence-electron chi connectivity index (χ1n) is 6.50. The highest BCUT2D eigenvalue weighted by Gasteiger charge is 2.06. The van der Waals surface area contributed by atoms with Crippen LogP contribution in [0.25, 0.3) is 10.9 Å². The molecular formula is C14H15N5O. The molecule has 2 heterocycles. The third-order valence-corrected chi connectivity index (χ3v) is 3.14. The Bertz CT molecular complexity index is 701. The Kier molecular flexibility index (Phi) is 3.45. The molecule has 3 rings (SSSR count). The second kappa shape index (κ2) is 5.56. The predicted molar refractivity (Wildman–Crippen MR) is 75.3 cm³/mol. The van der Waals surface area contributed by atoms with Crippen molar-refractivity contribution < 1.29 is 4.79 Å². The van der Waals surface area contributed by atoms with E-state index in [2.05, 4.69) is 20.5 Å². The number of rotatable bonds is 5. The number of carbonyl (C=O) groups is 1. The molecule has 102 valence electrons. The van der Waals surface area contributed by atoms with Gasteiger partial charge in [0.1, 0.15) is 0 Å². The fourth-order valence-corrected chi connectivity index (χ4v) is 2.06. The average Bonchev–Trinajstić information content (AvgIpc) is 3.13. The van der Waals surface area contributed by atoms with E-state index in [1.165, 1.54) is 0 Å². The summed E-state index contributed by atoms with van der Waals surface area (Å²) in [6, 6.07) is 5.51. The Hall–Kier alpha value is -2.63. The van der Waals surface area contributed by atoms with Crippen LogP contribution >= 0.6 is 0 Å². The van der Waals surface area contributed by atoms with Crippen molar-refractivity contribution in [2.45, 2.75) is 13.0 Å². The maximum Gasteiger partial charge on any atom is 0.251 e. The van der Waals surface area contributed by atoms with Crippen LogP contribution in [-0.4, -0.2) is 32.2 Å². The summed E-state index contributed by atoms with van der Waals surface area (Å²) in [5.74, 6) is -0.0628. The Morgan fingerprint density at radius 1 is 1.40 bits per heavy atom. The van der Waals surface area contributed by atoms with Crippen molar-refractivity contribution in [1.82, 2.24) is 25.1 Å². The lowest BCUT2D eigenvalue weighted by molar-refractivity contribution is 0.0953. The maximum atomic E-state index is 12.0. The lowest BCUT2D eigenvalue weighted by atomic mass is 10.1. The van der Waals surface area contributed by atoms with Crippen LogP contribution < -0.4 is 5.32 Å². The van der Waals surface area contributed by atoms with Gasteiger partial charge in [-0.25, -0.2) is 4.98 Å². The van der Waals surface area contributed by atoms with Gasteiger partial charge in [0.25, 0.3) is 5.91 Å². The number of benzene rings is 1. The topological polar surface area (TPSA) is 75.6 Å². The third-order valence-electron chi connectivity index (χ3n) is 3.14. The van der Waals surface area contributed by atoms with Gasteiger partial charge in [0.05, 0.1) is 18.0 Å². The summed E-state index contributed by atoms with van der Waals surface area (Å²) in [4.78, 5) is 16.0. The van der Waals surface area contributed by atoms with Gasteiger partial charge in [-0.1, -0.05) is 6.07 Å². The number of aromatic nitrogens is 4. The summed E-state index contributed by atoms with van der Waals surface area (Å²) >= 11 is 0. The molecule has 0 unspecified atom stereocenters. The summed E-state index contributed by atoms with van der Waals surface area (Å²) in [5.41, 5.74) is 1.51. The van der Waals surface area contributed by atoms with Crippen LogP contribution in [-0.2, 0) is 6.54 Å². The first kappa shape index (κ1) is 12.4. The monoisotopic (exact) mass is 269 g/mol. The van der Waals surface area contributed by atoms with Crippen molar-refractivity contribution in [2.24, 2.45) is 0 Å². The van der Waals surface area contributed by atoms with Gasteiger partial charge >= 0.3 is 0 Å². The molecule has 0 saturated carbocycles. The second-order valence-corrected chi connectivity index (χ2v) is 4.58. The Morgan fingerprint density at radius 3 is 3.20 bits per heavy atom. The normalized spacial score (nSPS) is 10.8. The Labute approximate surface area is 115 Å². The van der Waals surface area contributed by atoms with Gasteiger partial charge in [0.2, 0.25) is 0 Å². The van der Waals surface area contributed by atoms with Crippen LogP contribution in [0.1, 0.15) is 16.8 Å². The molecule has 2 aromatic heterocycles. The molecule has 0 radical (unpaired) electrons. The molecule has 0 fully saturated rings. The highest BCUT2D eigenvalue weighted by Crippen LogP contribution is 2.12. The number of carbonyl (C=O) groups excluding carboxylic acids is 1. The average molecular weight is 269 g/mol. The molecule has 0 aliphatic rings. The minimum atomic E-state index is -0.0628. The molecule has 0 spiro atoms. The number of hydrogen-bond donors (Lipinski definition) is 2. The predicted octanol–water partition coefficient (Wildman–Crippen LogP) is 1.58. The second-order valence-electron chi connectivity index (χ2n) is 4.58. The van der Waals surface area contributed by atoms with E-state index >= 15 is 0 Å². The molecule has 0 aliphatic carbocycles. The zero-order valence-corrected chi connectivity index (χ0v) is 10.9. The van der Waals surface area contributed by atoms with E-state index in [4.69, 9.17) is 0 Å². The van der Waals surface area contributed by atoms with E-state index in [0.29, 0.717) is 12.1 Å². The summed E-state index contributed by atoms with van der Waals surface area (Å²) in [6.07, 6.45) is 8.04. The molecular weight excluding hydrogens is 254 g/mol. The number of aryl methyl sites for hydroxylation is 1. The fraction of sp³-hybridized carbons (Fsp3) is 0.214. The lowest BCUT2D eigenvalue weighted by Gasteiger charge is -2.06. The van der Waals surface area contributed by atoms with Crippen LogP contribution in [0.4, 0.5) is 0 Å². The highest BCUT2D eigenvalue weighted by molar-refractivity contribution is 5.97. The van der Waals surface area contributed by atoms with Crippen molar-refractivity contribution in [3.63, 3.8) is 0 Å². The summed E-state index contributed by atoms with van der Waals surface area (Å²) < 4.78 is 1.99. The van der Waals surface area contributed by atoms with Crippen LogP contribution in [0.15, 0.2) is 43.1 Å². The molecule has 3 aromatic rings. The zero-order valence-electron chi connectivity index (χ0n) is 10.9. The highest BCUT2D eigenvalue weighted by atomic mass is 16.1. The summed E-state index contributed by atoms with van der Waals surface area (Å²) in [5, 5.41) is 10.7. The van der Waals surface area contributed by atoms with Crippen molar-refractivity contribution >= 4 is 16.8 Å². The van der Waals surface area contributed by atoms with Crippen LogP contribution in [0, 0.1) is 0 Å². The van der Waals surface area contributed by atoms with E-state index in [-0.39, 0.29) is 5.91 Å². The molecule has 1 amide bonds. The lowest BCUT2D eigenvalue weighted by Crippen LogP contribution is -2.25. The standard InChI is InChI=1S/C14H15N5O/c20-14(16-4-1-6-19-7-5-15-10-19)11-2-3-12-9-17-18-13(12)8-11/h2-3,5,7-10H,1,4,6H2,(H,16,20)(H,17,18). The fourth-order valence-electron chi connectivity index (χ4n) is 2.06. The smallest absolute Gasteiger partial charge is 0.251 e. The Morgan fingerprint density at radius 2 is 2.35 bits per heavy atom. The first-order valence-corrected chi connectivity index (χ1v) is 6.50. The van der Waals surface area contributed by atoms with Gasteiger partial charge in [-0.15, -0.1) is 0 Å². The Balaban J connectivity index is 1.53. The first-order chi connectivity index (χ1) is 9.83. The van der Waals surface area contributed by atoms with Gasteiger partial charge in [-0.05, 0) is 18.6 Å². The van der Waals surface area contributed by atoms with Crippen LogP contribution in [0.5, 0.6) is 0 Å². The maximum absolute atomic E-state index is 12.0. The zero-order chi connectivity index (χ0) is 13.8. The number of amides is 1. The van der Waals surface area contributed by atoms with Crippen molar-refractivity contribution in [3.8, 4) is 0 Å². The van der Waals surface area contributed by atoms with E-state index in [9.17, 15) is 4.79 Å². The van der Waals surface area contributed by atoms with Crippen LogP contribution in [0.2, 0.25) is 0 Å². The molecule has 6 heteroatoms. The number of nitrogens with one attached hydrogen (secondary N) is 2. The molecule has 1 aromatic carbocycles. The van der Waals surface area contributed by atoms with Crippen molar-refractivity contribution in [3.05, 3.63) is 48.7 Å². The van der Waals surface area contributed by atoms with Gasteiger partial charge in [-0.3, -0.25) is 9.89 Å². The number of hydrogen-bond acceptors (Lipinski definition) is 3. The van der Waals surface area contributed by atoms with E-state index in [1.54, 1.807) is 18.7 Å². The summed E-state index contributed by atoms with van der Waals surface area (Å²) in [7, 11) is 0. The van der Waals surface area contributed by atoms with Gasteiger partial charge < -0.3 is 9.88 Å². The quantitative estimate of drug-likeness (QED) is 0.690. The van der Waals surface area contributed by atoms with E-state index in [1.807, 2.05) is 29.0 Å². The number of fused-ring (bicyclic) bond motifs is 1. The number of nitrogens with zero attached hydrogens (tertiary/aromatic N) is 3. The third kappa shape index (κ3) is 2.69. The number of aromatic amines is 1. The molecule has 6 nitrogen and oxygen atoms in total. The van der Waals surface area contributed by atoms with Gasteiger partial charge in [0.15, 0.2) is 0 Å². The van der Waals surface area contributed by atoms with Crippen molar-refractivity contribution in [1.29, 1.82) is 0 Å². The molecule has 0 saturated heterocycles. The number of imidazole rings is 1. The van der Waals surface area contributed by atoms with Gasteiger partial charge in [-0.2, -0.15) is 5.10 Å². The minimum Gasteiger partial charge on any atom is -0.352 e. The molecule has 20 heavy (non-hydrogen) atoms. The molecule has 0 atom stereocenters. The van der Waals surface area contributed by atoms with E-state index in [0.717, 1.165) is 23.9 Å². The molecule has 0 bridgehead atoms. The minimum absolute atomic E-state index is 0.0628. The number of H-pyrrole nitrogens is 1. The van der Waals surface area contributed by atoms with Gasteiger partial charge in [0, 0.05) is 36.4 Å². The summed E-state index contributed by atoms with van der Waals surface area (Å²) in [6.45, 7) is 1.48. The van der Waals surface area contributed by atoms with E-state index < -0.39 is 0 Å².